The van der Waals surface area contributed by atoms with Gasteiger partial charge in [0.25, 0.3) is 0 Å². The van der Waals surface area contributed by atoms with Gasteiger partial charge in [0.1, 0.15) is 5.75 Å². The van der Waals surface area contributed by atoms with Crippen LogP contribution >= 0.6 is 22.6 Å². The Bertz CT molecular complexity index is 401. The Hall–Kier alpha value is -0.490. The normalized spacial score (nSPS) is 17.3. The Morgan fingerprint density at radius 3 is 2.50 bits per heavy atom. The van der Waals surface area contributed by atoms with Gasteiger partial charge in [-0.3, -0.25) is 0 Å². The summed E-state index contributed by atoms with van der Waals surface area (Å²) in [6.07, 6.45) is 2.45. The van der Waals surface area contributed by atoms with Crippen LogP contribution in [0.2, 0.25) is 0 Å². The molecule has 2 rings (SSSR count). The molecule has 0 amide bonds. The number of ether oxygens (including phenoxy) is 1. The summed E-state index contributed by atoms with van der Waals surface area (Å²) in [4.78, 5) is 4.78. The van der Waals surface area contributed by atoms with Crippen molar-refractivity contribution in [1.29, 1.82) is 0 Å². The van der Waals surface area contributed by atoms with Crippen LogP contribution in [0.5, 0.6) is 5.75 Å². The molecule has 3 nitrogen and oxygen atoms in total. The second-order valence-corrected chi connectivity index (χ2v) is 6.24. The number of halogens is 1. The van der Waals surface area contributed by atoms with Crippen molar-refractivity contribution in [2.45, 2.75) is 18.9 Å². The average molecular weight is 360 g/mol. The zero-order valence-corrected chi connectivity index (χ0v) is 13.5. The highest BCUT2D eigenvalue weighted by molar-refractivity contribution is 14.1. The molecule has 1 heterocycles. The quantitative estimate of drug-likeness (QED) is 0.771. The lowest BCUT2D eigenvalue weighted by atomic mass is 10.0. The van der Waals surface area contributed by atoms with Crippen molar-refractivity contribution in [3.05, 3.63) is 21.8 Å². The van der Waals surface area contributed by atoms with Crippen molar-refractivity contribution in [1.82, 2.24) is 4.90 Å². The molecule has 0 aliphatic carbocycles. The Balaban J connectivity index is 2.09. The predicted molar refractivity (Wildman–Crippen MR) is 84.6 cm³/mol. The van der Waals surface area contributed by atoms with Crippen LogP contribution in [-0.4, -0.2) is 45.2 Å². The first-order valence-corrected chi connectivity index (χ1v) is 7.44. The van der Waals surface area contributed by atoms with Crippen molar-refractivity contribution < 1.29 is 4.74 Å². The van der Waals surface area contributed by atoms with Gasteiger partial charge in [-0.05, 0) is 67.7 Å². The van der Waals surface area contributed by atoms with Crippen LogP contribution in [-0.2, 0) is 0 Å². The van der Waals surface area contributed by atoms with E-state index in [4.69, 9.17) is 4.74 Å². The van der Waals surface area contributed by atoms with Crippen LogP contribution in [0.25, 0.3) is 0 Å². The second-order valence-electron chi connectivity index (χ2n) is 5.00. The van der Waals surface area contributed by atoms with E-state index in [1.807, 2.05) is 0 Å². The van der Waals surface area contributed by atoms with E-state index in [-0.39, 0.29) is 0 Å². The molecule has 0 atom stereocenters. The molecular formula is C14H21IN2O. The molecule has 1 fully saturated rings. The number of anilines is 1. The van der Waals surface area contributed by atoms with Gasteiger partial charge in [-0.2, -0.15) is 0 Å². The molecule has 100 valence electrons. The van der Waals surface area contributed by atoms with Crippen LogP contribution in [0.4, 0.5) is 5.69 Å². The maximum Gasteiger partial charge on any atom is 0.143 e. The Morgan fingerprint density at radius 1 is 1.28 bits per heavy atom. The summed E-state index contributed by atoms with van der Waals surface area (Å²) in [6, 6.07) is 7.15. The third-order valence-corrected chi connectivity index (χ3v) is 4.35. The number of benzene rings is 1. The fourth-order valence-corrected chi connectivity index (χ4v) is 3.00. The molecule has 1 aliphatic rings. The summed E-state index contributed by atoms with van der Waals surface area (Å²) < 4.78 is 6.72. The van der Waals surface area contributed by atoms with E-state index in [1.54, 1.807) is 7.11 Å². The average Bonchev–Trinajstić information content (AvgIpc) is 2.38. The lowest BCUT2D eigenvalue weighted by molar-refractivity contribution is 0.249. The standard InChI is InChI=1S/C14H21IN2O/c1-16(2)12-6-8-17(9-7-12)13-5-4-11(15)10-14(13)18-3/h4-5,10,12H,6-9H2,1-3H3. The van der Waals surface area contributed by atoms with Gasteiger partial charge in [-0.1, -0.05) is 0 Å². The maximum absolute atomic E-state index is 5.50. The first kappa shape index (κ1) is 13.9. The summed E-state index contributed by atoms with van der Waals surface area (Å²) in [5, 5.41) is 0. The van der Waals surface area contributed by atoms with E-state index in [9.17, 15) is 0 Å². The summed E-state index contributed by atoms with van der Waals surface area (Å²) >= 11 is 2.32. The van der Waals surface area contributed by atoms with Crippen LogP contribution < -0.4 is 9.64 Å². The van der Waals surface area contributed by atoms with Crippen molar-refractivity contribution >= 4 is 28.3 Å². The van der Waals surface area contributed by atoms with E-state index < -0.39 is 0 Å². The molecule has 0 N–H and O–H groups in total. The Morgan fingerprint density at radius 2 is 1.94 bits per heavy atom. The van der Waals surface area contributed by atoms with Crippen LogP contribution in [0.1, 0.15) is 12.8 Å². The molecule has 1 aromatic rings. The summed E-state index contributed by atoms with van der Waals surface area (Å²) in [6.45, 7) is 2.22. The maximum atomic E-state index is 5.50. The molecule has 0 aromatic heterocycles. The Kier molecular flexibility index (Phi) is 4.72. The highest BCUT2D eigenvalue weighted by atomic mass is 127. The first-order valence-electron chi connectivity index (χ1n) is 6.36. The van der Waals surface area contributed by atoms with Gasteiger partial charge in [-0.15, -0.1) is 0 Å². The zero-order chi connectivity index (χ0) is 13.1. The minimum Gasteiger partial charge on any atom is -0.495 e. The monoisotopic (exact) mass is 360 g/mol. The number of rotatable bonds is 3. The van der Waals surface area contributed by atoms with Gasteiger partial charge in [0, 0.05) is 22.7 Å². The minimum atomic E-state index is 0.719. The molecule has 4 heteroatoms. The van der Waals surface area contributed by atoms with E-state index in [0.29, 0.717) is 0 Å². The zero-order valence-electron chi connectivity index (χ0n) is 11.3. The minimum absolute atomic E-state index is 0.719. The fourth-order valence-electron chi connectivity index (χ4n) is 2.54. The molecule has 0 radical (unpaired) electrons. The fraction of sp³-hybridized carbons (Fsp3) is 0.571. The SMILES string of the molecule is COc1cc(I)ccc1N1CCC(N(C)C)CC1. The smallest absolute Gasteiger partial charge is 0.143 e. The molecule has 0 saturated carbocycles. The van der Waals surface area contributed by atoms with Crippen LogP contribution in [0.15, 0.2) is 18.2 Å². The molecular weight excluding hydrogens is 339 g/mol. The molecule has 1 aromatic carbocycles. The summed E-state index contributed by atoms with van der Waals surface area (Å²) in [5.41, 5.74) is 1.23. The van der Waals surface area contributed by atoms with E-state index in [0.717, 1.165) is 24.9 Å². The first-order chi connectivity index (χ1) is 8.61. The highest BCUT2D eigenvalue weighted by Gasteiger charge is 2.22. The molecule has 0 spiro atoms. The van der Waals surface area contributed by atoms with Gasteiger partial charge >= 0.3 is 0 Å². The lowest BCUT2D eigenvalue weighted by Crippen LogP contribution is -2.42. The third-order valence-electron chi connectivity index (χ3n) is 3.68. The van der Waals surface area contributed by atoms with Gasteiger partial charge in [0.2, 0.25) is 0 Å². The Labute approximate surface area is 123 Å². The van der Waals surface area contributed by atoms with Crippen molar-refractivity contribution in [3.8, 4) is 5.75 Å². The summed E-state index contributed by atoms with van der Waals surface area (Å²) in [5.74, 6) is 0.991. The van der Waals surface area contributed by atoms with Gasteiger partial charge in [-0.25, -0.2) is 0 Å². The molecule has 1 saturated heterocycles. The lowest BCUT2D eigenvalue weighted by Gasteiger charge is -2.37. The number of piperidine rings is 1. The topological polar surface area (TPSA) is 15.7 Å². The number of methoxy groups -OCH3 is 1. The number of hydrogen-bond acceptors (Lipinski definition) is 3. The molecule has 0 unspecified atom stereocenters. The van der Waals surface area contributed by atoms with Gasteiger partial charge in [0.15, 0.2) is 0 Å². The molecule has 0 bridgehead atoms. The van der Waals surface area contributed by atoms with Crippen LogP contribution in [0, 0.1) is 3.57 Å². The third kappa shape index (κ3) is 3.09. The number of nitrogens with zero attached hydrogens (tertiary/aromatic N) is 2. The molecule has 1 aliphatic heterocycles. The molecule has 18 heavy (non-hydrogen) atoms. The predicted octanol–water partition coefficient (Wildman–Crippen LogP) is 2.83. The van der Waals surface area contributed by atoms with Gasteiger partial charge < -0.3 is 14.5 Å². The summed E-state index contributed by atoms with van der Waals surface area (Å²) in [7, 11) is 6.10. The van der Waals surface area contributed by atoms with E-state index in [1.165, 1.54) is 22.1 Å². The van der Waals surface area contributed by atoms with Crippen molar-refractivity contribution in [2.24, 2.45) is 0 Å². The van der Waals surface area contributed by atoms with Crippen molar-refractivity contribution in [2.75, 3.05) is 39.2 Å². The van der Waals surface area contributed by atoms with E-state index in [2.05, 4.69) is 64.7 Å². The van der Waals surface area contributed by atoms with Crippen LogP contribution in [0.3, 0.4) is 0 Å². The highest BCUT2D eigenvalue weighted by Crippen LogP contribution is 2.32. The van der Waals surface area contributed by atoms with Gasteiger partial charge in [0.05, 0.1) is 12.8 Å². The number of hydrogen-bond donors (Lipinski definition) is 0. The second kappa shape index (κ2) is 6.10. The largest absolute Gasteiger partial charge is 0.495 e. The van der Waals surface area contributed by atoms with E-state index >= 15 is 0 Å². The van der Waals surface area contributed by atoms with Crippen molar-refractivity contribution in [3.63, 3.8) is 0 Å².